The molecule has 1 rings (SSSR count). The standard InChI is InChI=1S/C19H28O4.Ba.2H/c1-2-3-4-5-6-7-8-9-12-15-13-10-11-14-16(15)17(18(20)21)19(22)23;;;/h10-11,13-14,17H,2-9,12H2,1H3,(H,20,21)(H,22,23);;;. The molecule has 1 aromatic carbocycles. The van der Waals surface area contributed by atoms with Crippen molar-refractivity contribution in [2.24, 2.45) is 0 Å². The molecule has 0 aliphatic heterocycles. The van der Waals surface area contributed by atoms with Crippen LogP contribution < -0.4 is 0 Å². The molecule has 0 saturated heterocycles. The second kappa shape index (κ2) is 14.0. The topological polar surface area (TPSA) is 74.6 Å². The Labute approximate surface area is 185 Å². The monoisotopic (exact) mass is 460 g/mol. The van der Waals surface area contributed by atoms with Gasteiger partial charge in [-0.1, -0.05) is 76.1 Å². The molecule has 2 N–H and O–H groups in total. The predicted octanol–water partition coefficient (Wildman–Crippen LogP) is 3.71. The van der Waals surface area contributed by atoms with Gasteiger partial charge in [-0.25, -0.2) is 0 Å². The van der Waals surface area contributed by atoms with Crippen LogP contribution in [0.1, 0.15) is 75.3 Å². The van der Waals surface area contributed by atoms with Crippen LogP contribution in [0.4, 0.5) is 0 Å². The van der Waals surface area contributed by atoms with Crippen molar-refractivity contribution in [3.8, 4) is 0 Å². The van der Waals surface area contributed by atoms with Crippen LogP contribution in [-0.4, -0.2) is 71.0 Å². The number of aryl methyl sites for hydroxylation is 1. The van der Waals surface area contributed by atoms with Crippen LogP contribution in [0.15, 0.2) is 24.3 Å². The molecule has 0 fully saturated rings. The van der Waals surface area contributed by atoms with E-state index in [2.05, 4.69) is 6.92 Å². The second-order valence-electron chi connectivity index (χ2n) is 6.03. The molecular weight excluding hydrogens is 430 g/mol. The molecule has 0 bridgehead atoms. The first-order chi connectivity index (χ1) is 11.1. The number of unbranched alkanes of at least 4 members (excludes halogenated alkanes) is 7. The number of carboxylic acids is 2. The summed E-state index contributed by atoms with van der Waals surface area (Å²) in [6.45, 7) is 2.21. The number of carboxylic acid groups (broad SMARTS) is 2. The number of aliphatic carboxylic acids is 2. The second-order valence-corrected chi connectivity index (χ2v) is 6.03. The summed E-state index contributed by atoms with van der Waals surface area (Å²) < 4.78 is 0. The zero-order valence-corrected chi connectivity index (χ0v) is 14.0. The maximum absolute atomic E-state index is 11.2. The molecule has 5 heteroatoms. The first-order valence-corrected chi connectivity index (χ1v) is 8.61. The van der Waals surface area contributed by atoms with Crippen LogP contribution in [-0.2, 0) is 16.0 Å². The fourth-order valence-corrected chi connectivity index (χ4v) is 2.86. The van der Waals surface area contributed by atoms with Crippen LogP contribution in [0.25, 0.3) is 0 Å². The number of carbonyl (C=O) groups is 2. The van der Waals surface area contributed by atoms with Gasteiger partial charge < -0.3 is 10.2 Å². The van der Waals surface area contributed by atoms with E-state index in [1.165, 1.54) is 38.5 Å². The van der Waals surface area contributed by atoms with Crippen LogP contribution in [0.5, 0.6) is 0 Å². The van der Waals surface area contributed by atoms with Gasteiger partial charge in [-0.15, -0.1) is 0 Å². The van der Waals surface area contributed by atoms with E-state index >= 15 is 0 Å². The summed E-state index contributed by atoms with van der Waals surface area (Å²) in [4.78, 5) is 22.4. The number of rotatable bonds is 12. The van der Waals surface area contributed by atoms with Gasteiger partial charge in [0.1, 0.15) is 0 Å². The van der Waals surface area contributed by atoms with Gasteiger partial charge >= 0.3 is 60.8 Å². The molecule has 1 aromatic rings. The maximum atomic E-state index is 11.2. The molecule has 132 valence electrons. The molecule has 0 atom stereocenters. The van der Waals surface area contributed by atoms with Crippen molar-refractivity contribution in [3.63, 3.8) is 0 Å². The van der Waals surface area contributed by atoms with Crippen LogP contribution in [0.3, 0.4) is 0 Å². The summed E-state index contributed by atoms with van der Waals surface area (Å²) in [5.74, 6) is -4.08. The third-order valence-electron chi connectivity index (χ3n) is 4.16. The van der Waals surface area contributed by atoms with Crippen LogP contribution in [0, 0.1) is 0 Å². The zero-order chi connectivity index (χ0) is 17.1. The van der Waals surface area contributed by atoms with Gasteiger partial charge in [-0.3, -0.25) is 9.59 Å². The Kier molecular flexibility index (Phi) is 13.8. The molecule has 24 heavy (non-hydrogen) atoms. The molecule has 0 radical (unpaired) electrons. The molecule has 0 saturated carbocycles. The third kappa shape index (κ3) is 8.72. The van der Waals surface area contributed by atoms with Gasteiger partial charge in [0.05, 0.1) is 0 Å². The van der Waals surface area contributed by atoms with Gasteiger partial charge in [0, 0.05) is 0 Å². The van der Waals surface area contributed by atoms with Crippen molar-refractivity contribution < 1.29 is 19.8 Å². The van der Waals surface area contributed by atoms with E-state index in [-0.39, 0.29) is 48.9 Å². The molecule has 0 aliphatic carbocycles. The van der Waals surface area contributed by atoms with Crippen molar-refractivity contribution in [2.45, 2.75) is 70.6 Å². The molecule has 4 nitrogen and oxygen atoms in total. The summed E-state index contributed by atoms with van der Waals surface area (Å²) >= 11 is 0. The van der Waals surface area contributed by atoms with Crippen molar-refractivity contribution in [1.29, 1.82) is 0 Å². The Morgan fingerprint density at radius 3 is 1.92 bits per heavy atom. The summed E-state index contributed by atoms with van der Waals surface area (Å²) in [5, 5.41) is 18.3. The Morgan fingerprint density at radius 1 is 0.875 bits per heavy atom. The minimum atomic E-state index is -1.47. The van der Waals surface area contributed by atoms with Crippen molar-refractivity contribution in [1.82, 2.24) is 0 Å². The summed E-state index contributed by atoms with van der Waals surface area (Å²) in [6, 6.07) is 7.00. The van der Waals surface area contributed by atoms with Crippen molar-refractivity contribution >= 4 is 60.8 Å². The molecule has 0 heterocycles. The zero-order valence-electron chi connectivity index (χ0n) is 14.0. The molecule has 0 unspecified atom stereocenters. The SMILES string of the molecule is CCCCCCCCCCc1ccccc1C(C(=O)O)C(=O)O.[BaH2]. The summed E-state index contributed by atoms with van der Waals surface area (Å²) in [5.41, 5.74) is 1.25. The molecular formula is C19H30BaO4. The van der Waals surface area contributed by atoms with Crippen molar-refractivity contribution in [2.75, 3.05) is 0 Å². The van der Waals surface area contributed by atoms with E-state index < -0.39 is 17.9 Å². The van der Waals surface area contributed by atoms with Gasteiger partial charge in [-0.2, -0.15) is 0 Å². The minimum absolute atomic E-state index is 0. The number of hydrogen-bond donors (Lipinski definition) is 2. The fourth-order valence-electron chi connectivity index (χ4n) is 2.86. The average molecular weight is 460 g/mol. The number of benzene rings is 1. The van der Waals surface area contributed by atoms with E-state index in [1.54, 1.807) is 12.1 Å². The molecule has 0 aliphatic rings. The van der Waals surface area contributed by atoms with E-state index in [9.17, 15) is 9.59 Å². The van der Waals surface area contributed by atoms with E-state index in [1.807, 2.05) is 12.1 Å². The first kappa shape index (κ1) is 23.7. The van der Waals surface area contributed by atoms with E-state index in [4.69, 9.17) is 10.2 Å². The Hall–Kier alpha value is -0.269. The Bertz CT molecular complexity index is 488. The first-order valence-electron chi connectivity index (χ1n) is 8.61. The van der Waals surface area contributed by atoms with E-state index in [0.717, 1.165) is 24.8 Å². The van der Waals surface area contributed by atoms with Crippen molar-refractivity contribution in [3.05, 3.63) is 35.4 Å². The van der Waals surface area contributed by atoms with Gasteiger partial charge in [-0.05, 0) is 24.0 Å². The fraction of sp³-hybridized carbons (Fsp3) is 0.579. The quantitative estimate of drug-likeness (QED) is 0.284. The Balaban J connectivity index is 0.00000529. The Morgan fingerprint density at radius 2 is 1.38 bits per heavy atom. The molecule has 0 spiro atoms. The normalized spacial score (nSPS) is 10.4. The molecule has 0 aromatic heterocycles. The molecule has 0 amide bonds. The third-order valence-corrected chi connectivity index (χ3v) is 4.16. The van der Waals surface area contributed by atoms with Gasteiger partial charge in [0.25, 0.3) is 0 Å². The van der Waals surface area contributed by atoms with Gasteiger partial charge in [0.2, 0.25) is 0 Å². The summed E-state index contributed by atoms with van der Waals surface area (Å²) in [7, 11) is 0. The van der Waals surface area contributed by atoms with Crippen LogP contribution in [0.2, 0.25) is 0 Å². The summed E-state index contributed by atoms with van der Waals surface area (Å²) in [6.07, 6.45) is 10.4. The predicted molar refractivity (Wildman–Crippen MR) is 99.3 cm³/mol. The average Bonchev–Trinajstić information content (AvgIpc) is 2.50. The van der Waals surface area contributed by atoms with E-state index in [0.29, 0.717) is 5.56 Å². The van der Waals surface area contributed by atoms with Gasteiger partial charge in [0.15, 0.2) is 5.92 Å². The van der Waals surface area contributed by atoms with Crippen LogP contribution >= 0.6 is 0 Å². The number of hydrogen-bond acceptors (Lipinski definition) is 2.